The molecule has 0 saturated carbocycles. The van der Waals surface area contributed by atoms with E-state index >= 15 is 0 Å². The van der Waals surface area contributed by atoms with E-state index in [-0.39, 0.29) is 5.91 Å². The third kappa shape index (κ3) is 4.07. The van der Waals surface area contributed by atoms with Crippen LogP contribution in [-0.2, 0) is 11.3 Å². The fourth-order valence-electron chi connectivity index (χ4n) is 4.27. The number of rotatable bonds is 5. The van der Waals surface area contributed by atoms with E-state index < -0.39 is 0 Å². The van der Waals surface area contributed by atoms with E-state index in [1.165, 1.54) is 6.26 Å². The number of methoxy groups -OCH3 is 1. The average Bonchev–Trinajstić information content (AvgIpc) is 3.41. The molecule has 0 aliphatic carbocycles. The zero-order valence-corrected chi connectivity index (χ0v) is 18.8. The van der Waals surface area contributed by atoms with Crippen LogP contribution in [0.4, 0.5) is 5.82 Å². The minimum Gasteiger partial charge on any atom is -0.459 e. The van der Waals surface area contributed by atoms with Crippen molar-refractivity contribution in [1.82, 2.24) is 24.6 Å². The number of anilines is 1. The summed E-state index contributed by atoms with van der Waals surface area (Å²) in [5.74, 6) is 1.72. The number of furan rings is 1. The highest BCUT2D eigenvalue weighted by Gasteiger charge is 2.26. The van der Waals surface area contributed by atoms with E-state index in [9.17, 15) is 4.79 Å². The van der Waals surface area contributed by atoms with Crippen molar-refractivity contribution in [2.75, 3.05) is 38.2 Å². The molecule has 0 radical (unpaired) electrons. The molecule has 3 aromatic heterocycles. The molecule has 0 N–H and O–H groups in total. The Morgan fingerprint density at radius 2 is 1.91 bits per heavy atom. The van der Waals surface area contributed by atoms with E-state index in [1.807, 2.05) is 46.8 Å². The highest BCUT2D eigenvalue weighted by molar-refractivity contribution is 5.92. The Morgan fingerprint density at radius 3 is 2.67 bits per heavy atom. The van der Waals surface area contributed by atoms with Gasteiger partial charge >= 0.3 is 0 Å². The van der Waals surface area contributed by atoms with Crippen molar-refractivity contribution in [2.45, 2.75) is 20.0 Å². The van der Waals surface area contributed by atoms with Crippen molar-refractivity contribution in [3.63, 3.8) is 0 Å². The lowest BCUT2D eigenvalue weighted by Gasteiger charge is -2.23. The Balaban J connectivity index is 1.52. The molecule has 4 aromatic rings. The average molecular weight is 447 g/mol. The third-order valence-electron chi connectivity index (χ3n) is 5.82. The van der Waals surface area contributed by atoms with Gasteiger partial charge < -0.3 is 19.0 Å². The van der Waals surface area contributed by atoms with Crippen LogP contribution in [-0.4, -0.2) is 63.8 Å². The first-order valence-electron chi connectivity index (χ1n) is 11.0. The van der Waals surface area contributed by atoms with Gasteiger partial charge in [-0.25, -0.2) is 14.6 Å². The quantitative estimate of drug-likeness (QED) is 0.465. The van der Waals surface area contributed by atoms with Crippen LogP contribution in [0.25, 0.3) is 16.7 Å². The van der Waals surface area contributed by atoms with Crippen LogP contribution >= 0.6 is 0 Å². The summed E-state index contributed by atoms with van der Waals surface area (Å²) in [5, 5.41) is 5.71. The van der Waals surface area contributed by atoms with E-state index in [1.54, 1.807) is 19.2 Å². The summed E-state index contributed by atoms with van der Waals surface area (Å²) >= 11 is 0. The zero-order chi connectivity index (χ0) is 22.8. The van der Waals surface area contributed by atoms with Crippen LogP contribution in [0.1, 0.15) is 28.5 Å². The van der Waals surface area contributed by atoms with Gasteiger partial charge in [0.2, 0.25) is 0 Å². The minimum absolute atomic E-state index is 0.0807. The van der Waals surface area contributed by atoms with Gasteiger partial charge in [0.25, 0.3) is 5.91 Å². The molecular formula is C24H26N6O3. The molecule has 1 aliphatic heterocycles. The van der Waals surface area contributed by atoms with Crippen molar-refractivity contribution < 1.29 is 13.9 Å². The largest absolute Gasteiger partial charge is 0.459 e. The number of hydrogen-bond donors (Lipinski definition) is 0. The van der Waals surface area contributed by atoms with E-state index in [4.69, 9.17) is 24.2 Å². The summed E-state index contributed by atoms with van der Waals surface area (Å²) in [6.45, 7) is 4.96. The molecule has 0 unspecified atom stereocenters. The van der Waals surface area contributed by atoms with Crippen molar-refractivity contribution >= 4 is 22.8 Å². The van der Waals surface area contributed by atoms with E-state index in [0.717, 1.165) is 41.2 Å². The molecule has 1 fully saturated rings. The maximum absolute atomic E-state index is 12.8. The van der Waals surface area contributed by atoms with Crippen molar-refractivity contribution in [3.05, 3.63) is 66.0 Å². The predicted molar refractivity (Wildman–Crippen MR) is 124 cm³/mol. The second-order valence-corrected chi connectivity index (χ2v) is 8.04. The summed E-state index contributed by atoms with van der Waals surface area (Å²) in [7, 11) is 1.64. The third-order valence-corrected chi connectivity index (χ3v) is 5.82. The van der Waals surface area contributed by atoms with Crippen LogP contribution in [0.5, 0.6) is 0 Å². The number of carbonyl (C=O) groups excluding carboxylic acids is 1. The normalized spacial score (nSPS) is 14.6. The van der Waals surface area contributed by atoms with Gasteiger partial charge in [0.15, 0.2) is 17.2 Å². The summed E-state index contributed by atoms with van der Waals surface area (Å²) in [6.07, 6.45) is 2.35. The van der Waals surface area contributed by atoms with Gasteiger partial charge in [0, 0.05) is 33.3 Å². The van der Waals surface area contributed by atoms with Gasteiger partial charge in [-0.2, -0.15) is 5.10 Å². The summed E-state index contributed by atoms with van der Waals surface area (Å²) < 4.78 is 12.5. The van der Waals surface area contributed by atoms with Crippen LogP contribution < -0.4 is 4.90 Å². The van der Waals surface area contributed by atoms with Crippen LogP contribution in [0.2, 0.25) is 0 Å². The molecule has 0 bridgehead atoms. The molecule has 0 spiro atoms. The minimum atomic E-state index is -0.0807. The van der Waals surface area contributed by atoms with Crippen molar-refractivity contribution in [3.8, 4) is 5.69 Å². The number of hydrogen-bond acceptors (Lipinski definition) is 7. The van der Waals surface area contributed by atoms with Crippen molar-refractivity contribution in [2.24, 2.45) is 0 Å². The van der Waals surface area contributed by atoms with Gasteiger partial charge in [-0.3, -0.25) is 4.79 Å². The molecule has 33 heavy (non-hydrogen) atoms. The fourth-order valence-corrected chi connectivity index (χ4v) is 4.27. The number of ether oxygens (including phenoxy) is 1. The number of aromatic nitrogens is 4. The molecule has 9 nitrogen and oxygen atoms in total. The predicted octanol–water partition coefficient (Wildman–Crippen LogP) is 3.22. The SMILES string of the molecule is COCc1nc(N2CCCN(C(=O)c3ccco3)CC2)c2c(C)nn(-c3ccccc3)c2n1. The van der Waals surface area contributed by atoms with Gasteiger partial charge in [0.1, 0.15) is 12.4 Å². The molecule has 1 saturated heterocycles. The first kappa shape index (κ1) is 21.1. The molecule has 0 atom stereocenters. The van der Waals surface area contributed by atoms with Crippen LogP contribution in [0, 0.1) is 6.92 Å². The first-order chi connectivity index (χ1) is 16.2. The molecule has 1 amide bonds. The second kappa shape index (κ2) is 9.03. The number of aryl methyl sites for hydroxylation is 1. The van der Waals surface area contributed by atoms with Gasteiger partial charge in [-0.15, -0.1) is 0 Å². The highest BCUT2D eigenvalue weighted by Crippen LogP contribution is 2.30. The Kier molecular flexibility index (Phi) is 5.78. The molecule has 5 rings (SSSR count). The molecule has 170 valence electrons. The summed E-state index contributed by atoms with van der Waals surface area (Å²) in [5.41, 5.74) is 2.55. The summed E-state index contributed by atoms with van der Waals surface area (Å²) in [6, 6.07) is 13.4. The lowest BCUT2D eigenvalue weighted by molar-refractivity contribution is 0.0735. The van der Waals surface area contributed by atoms with Gasteiger partial charge in [0.05, 0.1) is 23.0 Å². The Hall–Kier alpha value is -3.72. The second-order valence-electron chi connectivity index (χ2n) is 8.04. The van der Waals surface area contributed by atoms with Gasteiger partial charge in [-0.1, -0.05) is 18.2 Å². The van der Waals surface area contributed by atoms with Crippen LogP contribution in [0.15, 0.2) is 53.1 Å². The van der Waals surface area contributed by atoms with Gasteiger partial charge in [-0.05, 0) is 37.6 Å². The number of benzene rings is 1. The molecule has 9 heteroatoms. The first-order valence-corrected chi connectivity index (χ1v) is 11.0. The molecular weight excluding hydrogens is 420 g/mol. The smallest absolute Gasteiger partial charge is 0.289 e. The zero-order valence-electron chi connectivity index (χ0n) is 18.8. The Labute approximate surface area is 191 Å². The van der Waals surface area contributed by atoms with Crippen LogP contribution in [0.3, 0.4) is 0 Å². The number of nitrogens with zero attached hydrogens (tertiary/aromatic N) is 6. The number of amides is 1. The maximum atomic E-state index is 12.8. The number of para-hydroxylation sites is 1. The standard InChI is InChI=1S/C24H26N6O3/c1-17-21-22(28-11-7-12-29(14-13-28)24(31)19-10-6-15-33-19)25-20(16-32-2)26-23(21)30(27-17)18-8-4-3-5-9-18/h3-6,8-10,15H,7,11-14,16H2,1-2H3. The van der Waals surface area contributed by atoms with E-state index in [2.05, 4.69) is 4.90 Å². The highest BCUT2D eigenvalue weighted by atomic mass is 16.5. The lowest BCUT2D eigenvalue weighted by atomic mass is 10.2. The molecule has 4 heterocycles. The number of carbonyl (C=O) groups is 1. The monoisotopic (exact) mass is 446 g/mol. The summed E-state index contributed by atoms with van der Waals surface area (Å²) in [4.78, 5) is 26.5. The maximum Gasteiger partial charge on any atom is 0.289 e. The Morgan fingerprint density at radius 1 is 1.06 bits per heavy atom. The Bertz CT molecular complexity index is 1250. The van der Waals surface area contributed by atoms with E-state index in [0.29, 0.717) is 37.8 Å². The fraction of sp³-hybridized carbons (Fsp3) is 0.333. The number of fused-ring (bicyclic) bond motifs is 1. The topological polar surface area (TPSA) is 89.5 Å². The molecule has 1 aromatic carbocycles. The molecule has 1 aliphatic rings. The van der Waals surface area contributed by atoms with Crippen molar-refractivity contribution in [1.29, 1.82) is 0 Å². The lowest BCUT2D eigenvalue weighted by Crippen LogP contribution is -2.35.